The number of benzene rings is 2. The summed E-state index contributed by atoms with van der Waals surface area (Å²) in [5, 5.41) is 12.9. The van der Waals surface area contributed by atoms with Crippen molar-refractivity contribution in [1.29, 1.82) is 0 Å². The quantitative estimate of drug-likeness (QED) is 0.176. The van der Waals surface area contributed by atoms with Crippen molar-refractivity contribution in [3.05, 3.63) is 71.4 Å². The summed E-state index contributed by atoms with van der Waals surface area (Å²) in [7, 11) is 1.41. The average Bonchev–Trinajstić information content (AvgIpc) is 3.33. The van der Waals surface area contributed by atoms with Crippen LogP contribution >= 0.6 is 0 Å². The monoisotopic (exact) mass is 570 g/mol. The van der Waals surface area contributed by atoms with Crippen LogP contribution in [0.15, 0.2) is 54.6 Å². The molecule has 0 amide bonds. The molecule has 2 aromatic heterocycles. The highest BCUT2D eigenvalue weighted by Gasteiger charge is 2.38. The van der Waals surface area contributed by atoms with Gasteiger partial charge in [-0.05, 0) is 62.7 Å². The second-order valence-electron chi connectivity index (χ2n) is 9.91. The number of methoxy groups -OCH3 is 1. The Balaban J connectivity index is 0.000000493. The smallest absolute Gasteiger partial charge is 0.475 e. The minimum Gasteiger partial charge on any atom is -0.475 e. The molecular formula is C30H33F3N4O4. The number of anilines is 1. The summed E-state index contributed by atoms with van der Waals surface area (Å²) < 4.78 is 36.6. The lowest BCUT2D eigenvalue weighted by Crippen LogP contribution is -2.31. The number of pyridine rings is 1. The topological polar surface area (TPSA) is 108 Å². The fourth-order valence-electron chi connectivity index (χ4n) is 4.94. The number of alkyl halides is 3. The molecule has 0 saturated carbocycles. The summed E-state index contributed by atoms with van der Waals surface area (Å²) in [5.74, 6) is -2.19. The number of aliphatic carboxylic acids is 1. The summed E-state index contributed by atoms with van der Waals surface area (Å²) in [6.45, 7) is 4.44. The first-order valence-corrected chi connectivity index (χ1v) is 13.5. The maximum absolute atomic E-state index is 12.0. The predicted molar refractivity (Wildman–Crippen MR) is 151 cm³/mol. The van der Waals surface area contributed by atoms with Gasteiger partial charge in [0.25, 0.3) is 0 Å². The summed E-state index contributed by atoms with van der Waals surface area (Å²) >= 11 is 0. The lowest BCUT2D eigenvalue weighted by atomic mass is 10.1. The van der Waals surface area contributed by atoms with Gasteiger partial charge < -0.3 is 25.0 Å². The van der Waals surface area contributed by atoms with E-state index in [1.165, 1.54) is 45.0 Å². The number of hydrogen-bond donors (Lipinski definition) is 3. The van der Waals surface area contributed by atoms with Gasteiger partial charge in [0.1, 0.15) is 5.82 Å². The van der Waals surface area contributed by atoms with Crippen LogP contribution in [0.2, 0.25) is 0 Å². The molecule has 1 aliphatic heterocycles. The third-order valence-electron chi connectivity index (χ3n) is 6.91. The van der Waals surface area contributed by atoms with Crippen LogP contribution in [0, 0.1) is 0 Å². The highest BCUT2D eigenvalue weighted by molar-refractivity contribution is 6.13. The van der Waals surface area contributed by atoms with Crippen molar-refractivity contribution in [2.24, 2.45) is 0 Å². The maximum atomic E-state index is 12.0. The first-order chi connectivity index (χ1) is 19.7. The molecule has 2 aromatic carbocycles. The van der Waals surface area contributed by atoms with E-state index in [0.717, 1.165) is 59.2 Å². The van der Waals surface area contributed by atoms with Gasteiger partial charge in [0.05, 0.1) is 18.2 Å². The molecule has 0 unspecified atom stereocenters. The molecule has 11 heteroatoms. The summed E-state index contributed by atoms with van der Waals surface area (Å²) in [6, 6.07) is 18.2. The van der Waals surface area contributed by atoms with Gasteiger partial charge in [-0.25, -0.2) is 14.6 Å². The predicted octanol–water partition coefficient (Wildman–Crippen LogP) is 6.01. The Labute approximate surface area is 235 Å². The number of halogens is 3. The fraction of sp³-hybridized carbons (Fsp3) is 0.367. The normalized spacial score (nSPS) is 14.0. The molecule has 0 radical (unpaired) electrons. The molecule has 3 heterocycles. The largest absolute Gasteiger partial charge is 0.490 e. The van der Waals surface area contributed by atoms with Crippen LogP contribution in [0.5, 0.6) is 0 Å². The lowest BCUT2D eigenvalue weighted by Gasteiger charge is -2.26. The molecule has 218 valence electrons. The van der Waals surface area contributed by atoms with Gasteiger partial charge in [-0.1, -0.05) is 42.8 Å². The molecule has 0 aliphatic carbocycles. The maximum Gasteiger partial charge on any atom is 0.490 e. The van der Waals surface area contributed by atoms with Crippen LogP contribution in [0.1, 0.15) is 47.3 Å². The molecule has 4 aromatic rings. The fourth-order valence-corrected chi connectivity index (χ4v) is 4.94. The van der Waals surface area contributed by atoms with E-state index >= 15 is 0 Å². The van der Waals surface area contributed by atoms with Crippen LogP contribution in [0.25, 0.3) is 21.8 Å². The number of carbonyl (C=O) groups excluding carboxylic acids is 1. The first kappa shape index (κ1) is 29.9. The van der Waals surface area contributed by atoms with E-state index in [1.54, 1.807) is 0 Å². The Morgan fingerprint density at radius 2 is 1.76 bits per heavy atom. The van der Waals surface area contributed by atoms with Crippen molar-refractivity contribution in [2.75, 3.05) is 38.6 Å². The van der Waals surface area contributed by atoms with Gasteiger partial charge in [0.15, 0.2) is 0 Å². The van der Waals surface area contributed by atoms with E-state index in [9.17, 15) is 18.0 Å². The highest BCUT2D eigenvalue weighted by Crippen LogP contribution is 2.32. The van der Waals surface area contributed by atoms with Gasteiger partial charge in [-0.3, -0.25) is 0 Å². The second kappa shape index (κ2) is 13.5. The van der Waals surface area contributed by atoms with Gasteiger partial charge in [-0.15, -0.1) is 0 Å². The Morgan fingerprint density at radius 3 is 2.41 bits per heavy atom. The van der Waals surface area contributed by atoms with Crippen molar-refractivity contribution in [3.63, 3.8) is 0 Å². The van der Waals surface area contributed by atoms with Crippen molar-refractivity contribution in [1.82, 2.24) is 14.9 Å². The molecule has 8 nitrogen and oxygen atoms in total. The molecule has 0 spiro atoms. The van der Waals surface area contributed by atoms with Gasteiger partial charge in [-0.2, -0.15) is 13.2 Å². The number of piperidine rings is 1. The molecular weight excluding hydrogens is 537 g/mol. The van der Waals surface area contributed by atoms with Crippen molar-refractivity contribution in [3.8, 4) is 0 Å². The number of carbonyl (C=O) groups is 2. The van der Waals surface area contributed by atoms with Crippen LogP contribution in [0.4, 0.5) is 19.0 Å². The number of aromatic nitrogens is 2. The van der Waals surface area contributed by atoms with E-state index in [0.29, 0.717) is 5.56 Å². The van der Waals surface area contributed by atoms with Gasteiger partial charge >= 0.3 is 18.1 Å². The number of aromatic amines is 1. The van der Waals surface area contributed by atoms with Gasteiger partial charge in [0.2, 0.25) is 0 Å². The number of nitrogens with one attached hydrogen (secondary N) is 2. The zero-order chi connectivity index (χ0) is 29.4. The Kier molecular flexibility index (Phi) is 9.82. The van der Waals surface area contributed by atoms with E-state index in [4.69, 9.17) is 19.6 Å². The average molecular weight is 571 g/mol. The van der Waals surface area contributed by atoms with E-state index in [2.05, 4.69) is 45.5 Å². The molecule has 3 N–H and O–H groups in total. The SMILES string of the molecule is COC(=O)c1ccc2c(c1)[nH]c1cc(Cc3ccccc3)nc(NCCCN3CCCCC3)c12.O=C(O)C(F)(F)F. The number of likely N-dealkylation sites (tertiary alicyclic amines) is 1. The summed E-state index contributed by atoms with van der Waals surface area (Å²) in [6.07, 6.45) is 0.770. The van der Waals surface area contributed by atoms with Crippen molar-refractivity contribution < 1.29 is 32.6 Å². The zero-order valence-electron chi connectivity index (χ0n) is 22.8. The van der Waals surface area contributed by atoms with Crippen LogP contribution in [-0.4, -0.2) is 71.4 Å². The molecule has 1 aliphatic rings. The lowest BCUT2D eigenvalue weighted by molar-refractivity contribution is -0.192. The minimum atomic E-state index is -5.08. The molecule has 5 rings (SSSR count). The number of esters is 1. The number of nitrogens with zero attached hydrogens (tertiary/aromatic N) is 2. The van der Waals surface area contributed by atoms with Crippen LogP contribution in [-0.2, 0) is 16.0 Å². The van der Waals surface area contributed by atoms with Crippen LogP contribution < -0.4 is 5.32 Å². The van der Waals surface area contributed by atoms with E-state index in [1.807, 2.05) is 24.3 Å². The third kappa shape index (κ3) is 7.97. The first-order valence-electron chi connectivity index (χ1n) is 13.5. The Bertz CT molecular complexity index is 1480. The van der Waals surface area contributed by atoms with Crippen LogP contribution in [0.3, 0.4) is 0 Å². The number of carboxylic acids is 1. The molecule has 1 saturated heterocycles. The minimum absolute atomic E-state index is 0.334. The zero-order valence-corrected chi connectivity index (χ0v) is 22.8. The van der Waals surface area contributed by atoms with Gasteiger partial charge in [0, 0.05) is 34.9 Å². The van der Waals surface area contributed by atoms with Crippen molar-refractivity contribution in [2.45, 2.75) is 38.3 Å². The molecule has 0 atom stereocenters. The Morgan fingerprint density at radius 1 is 1.05 bits per heavy atom. The van der Waals surface area contributed by atoms with E-state index < -0.39 is 12.1 Å². The molecule has 0 bridgehead atoms. The van der Waals surface area contributed by atoms with Crippen molar-refractivity contribution >= 4 is 39.6 Å². The number of carboxylic acid groups (broad SMARTS) is 1. The Hall–Kier alpha value is -4.12. The number of fused-ring (bicyclic) bond motifs is 3. The summed E-state index contributed by atoms with van der Waals surface area (Å²) in [5.41, 5.74) is 4.71. The number of H-pyrrole nitrogens is 1. The summed E-state index contributed by atoms with van der Waals surface area (Å²) in [4.78, 5) is 32.1. The highest BCUT2D eigenvalue weighted by atomic mass is 19.4. The third-order valence-corrected chi connectivity index (χ3v) is 6.91. The standard InChI is InChI=1S/C28H32N4O2.C2HF3O2/c1-34-28(33)21-11-12-23-24(18-21)31-25-19-22(17-20-9-4-2-5-10-20)30-27(26(23)25)29-13-8-16-32-14-6-3-7-15-32;3-2(4,5)1(6)7/h2,4-5,9-12,18-19,31H,3,6-8,13-17H2,1H3,(H,29,30);(H,6,7). The second-order valence-corrected chi connectivity index (χ2v) is 9.91. The van der Waals surface area contributed by atoms with E-state index in [-0.39, 0.29) is 5.97 Å². The molecule has 1 fully saturated rings. The molecule has 41 heavy (non-hydrogen) atoms. The number of ether oxygens (including phenoxy) is 1. The number of hydrogen-bond acceptors (Lipinski definition) is 6. The number of rotatable bonds is 8.